The van der Waals surface area contributed by atoms with E-state index in [2.05, 4.69) is 0 Å². The smallest absolute Gasteiger partial charge is 0.258 e. The van der Waals surface area contributed by atoms with E-state index in [0.29, 0.717) is 5.82 Å². The summed E-state index contributed by atoms with van der Waals surface area (Å²) in [6, 6.07) is 4.99. The largest absolute Gasteiger partial charge is 0.335 e. The molecule has 1 heterocycles. The molecule has 0 spiro atoms. The summed E-state index contributed by atoms with van der Waals surface area (Å²) in [6.07, 6.45) is 3.01. The lowest BCUT2D eigenvalue weighted by atomic mass is 10.3. The zero-order valence-corrected chi connectivity index (χ0v) is 11.2. The van der Waals surface area contributed by atoms with Crippen LogP contribution in [0.2, 0.25) is 0 Å². The highest BCUT2D eigenvalue weighted by atomic mass is 32.2. The van der Waals surface area contributed by atoms with Crippen molar-refractivity contribution in [2.45, 2.75) is 11.8 Å². The minimum atomic E-state index is -3.81. The number of benzene rings is 1. The predicted octanol–water partition coefficient (Wildman–Crippen LogP) is 0.766. The van der Waals surface area contributed by atoms with Crippen molar-refractivity contribution in [3.05, 3.63) is 52.6 Å². The Balaban J connectivity index is 2.60. The van der Waals surface area contributed by atoms with Gasteiger partial charge in [0, 0.05) is 19.1 Å². The fraction of sp³-hybridized carbons (Fsp3) is 0.182. The minimum Gasteiger partial charge on any atom is -0.258 e. The summed E-state index contributed by atoms with van der Waals surface area (Å²) in [5.41, 5.74) is -0.254. The van der Waals surface area contributed by atoms with Gasteiger partial charge in [0.15, 0.2) is 0 Å². The van der Waals surface area contributed by atoms with E-state index in [1.807, 2.05) is 0 Å². The van der Waals surface area contributed by atoms with E-state index < -0.39 is 14.9 Å². The van der Waals surface area contributed by atoms with Crippen LogP contribution >= 0.6 is 0 Å². The average Bonchev–Trinajstić information content (AvgIpc) is 2.70. The predicted molar refractivity (Wildman–Crippen MR) is 66.0 cm³/mol. The molecule has 100 valence electrons. The van der Waals surface area contributed by atoms with Gasteiger partial charge in [0.1, 0.15) is 17.3 Å². The molecule has 0 atom stereocenters. The molecule has 2 rings (SSSR count). The van der Waals surface area contributed by atoms with E-state index in [4.69, 9.17) is 0 Å². The monoisotopic (exact) mass is 282 g/mol. The Hall–Kier alpha value is -2.22. The van der Waals surface area contributed by atoms with Gasteiger partial charge < -0.3 is 0 Å². The molecule has 0 amide bonds. The zero-order chi connectivity index (χ0) is 14.2. The maximum absolute atomic E-state index is 12.4. The highest BCUT2D eigenvalue weighted by molar-refractivity contribution is 7.90. The zero-order valence-electron chi connectivity index (χ0n) is 10.3. The van der Waals surface area contributed by atoms with Crippen LogP contribution in [0.5, 0.6) is 0 Å². The summed E-state index contributed by atoms with van der Waals surface area (Å²) in [7, 11) is -2.10. The third-order valence-corrected chi connectivity index (χ3v) is 4.59. The highest BCUT2D eigenvalue weighted by Gasteiger charge is 2.27. The first-order chi connectivity index (χ1) is 8.84. The first-order valence-electron chi connectivity index (χ1n) is 5.37. The Labute approximate surface area is 109 Å². The summed E-state index contributed by atoms with van der Waals surface area (Å²) < 4.78 is 27.5. The lowest BCUT2D eigenvalue weighted by Gasteiger charge is -2.01. The second-order valence-corrected chi connectivity index (χ2v) is 5.83. The van der Waals surface area contributed by atoms with Crippen molar-refractivity contribution in [3.8, 4) is 0 Å². The lowest BCUT2D eigenvalue weighted by Crippen LogP contribution is -2.31. The fourth-order valence-corrected chi connectivity index (χ4v) is 3.10. The number of hydrogen-bond donors (Lipinski definition) is 0. The molecule has 0 aliphatic carbocycles. The van der Waals surface area contributed by atoms with E-state index in [0.717, 1.165) is 10.0 Å². The maximum atomic E-state index is 12.4. The SMILES string of the molecule is Cc1n(S(=O)(=O)c2cccc([N+](=O)[O-])c2)cc[n+]1C. The van der Waals surface area contributed by atoms with Crippen LogP contribution in [0.25, 0.3) is 0 Å². The van der Waals surface area contributed by atoms with Crippen LogP contribution in [0, 0.1) is 17.0 Å². The van der Waals surface area contributed by atoms with Crippen molar-refractivity contribution in [1.29, 1.82) is 0 Å². The Bertz CT molecular complexity index is 749. The van der Waals surface area contributed by atoms with Gasteiger partial charge in [-0.3, -0.25) is 10.1 Å². The van der Waals surface area contributed by atoms with Crippen LogP contribution in [0.4, 0.5) is 5.69 Å². The molecule has 0 unspecified atom stereocenters. The van der Waals surface area contributed by atoms with E-state index in [1.54, 1.807) is 24.7 Å². The molecule has 0 fully saturated rings. The van der Waals surface area contributed by atoms with Gasteiger partial charge in [-0.2, -0.15) is 8.42 Å². The van der Waals surface area contributed by atoms with Crippen molar-refractivity contribution in [2.75, 3.05) is 0 Å². The standard InChI is InChI=1S/C11H12N3O4S/c1-9-12(2)6-7-13(9)19(17,18)11-5-3-4-10(8-11)14(15)16/h3-8H,1-2H3/q+1. The number of aryl methyl sites for hydroxylation is 1. The van der Waals surface area contributed by atoms with E-state index >= 15 is 0 Å². The minimum absolute atomic E-state index is 0.110. The Morgan fingerprint density at radius 1 is 1.37 bits per heavy atom. The van der Waals surface area contributed by atoms with Gasteiger partial charge in [-0.25, -0.2) is 4.57 Å². The molecule has 2 aromatic rings. The summed E-state index contributed by atoms with van der Waals surface area (Å²) in [6.45, 7) is 1.65. The lowest BCUT2D eigenvalue weighted by molar-refractivity contribution is -0.676. The summed E-state index contributed by atoms with van der Waals surface area (Å²) >= 11 is 0. The van der Waals surface area contributed by atoms with E-state index in [-0.39, 0.29) is 10.6 Å². The molecule has 1 aromatic heterocycles. The van der Waals surface area contributed by atoms with Gasteiger partial charge in [-0.1, -0.05) is 6.07 Å². The normalized spacial score (nSPS) is 11.5. The van der Waals surface area contributed by atoms with Crippen LogP contribution < -0.4 is 4.57 Å². The second kappa shape index (κ2) is 4.47. The maximum Gasteiger partial charge on any atom is 0.335 e. The number of nitro groups is 1. The number of non-ortho nitro benzene ring substituents is 1. The topological polar surface area (TPSA) is 86.1 Å². The van der Waals surface area contributed by atoms with E-state index in [9.17, 15) is 18.5 Å². The molecule has 7 nitrogen and oxygen atoms in total. The van der Waals surface area contributed by atoms with Crippen molar-refractivity contribution < 1.29 is 17.9 Å². The quantitative estimate of drug-likeness (QED) is 0.472. The number of imidazole rings is 1. The highest BCUT2D eigenvalue weighted by Crippen LogP contribution is 2.20. The first-order valence-corrected chi connectivity index (χ1v) is 6.81. The third kappa shape index (κ3) is 2.22. The van der Waals surface area contributed by atoms with Crippen molar-refractivity contribution in [1.82, 2.24) is 3.97 Å². The average molecular weight is 282 g/mol. The number of aromatic nitrogens is 2. The summed E-state index contributed by atoms with van der Waals surface area (Å²) in [4.78, 5) is 9.95. The molecule has 0 saturated heterocycles. The number of nitro benzene ring substituents is 1. The number of hydrogen-bond acceptors (Lipinski definition) is 4. The van der Waals surface area contributed by atoms with Crippen LogP contribution in [-0.4, -0.2) is 17.3 Å². The molecule has 1 aromatic carbocycles. The molecule has 0 radical (unpaired) electrons. The summed E-state index contributed by atoms with van der Waals surface area (Å²) in [5, 5.41) is 10.7. The van der Waals surface area contributed by atoms with Crippen molar-refractivity contribution in [2.24, 2.45) is 7.05 Å². The van der Waals surface area contributed by atoms with E-state index in [1.165, 1.54) is 24.4 Å². The second-order valence-electron chi connectivity index (χ2n) is 4.01. The molecule has 8 heteroatoms. The van der Waals surface area contributed by atoms with Crippen LogP contribution in [0.3, 0.4) is 0 Å². The van der Waals surface area contributed by atoms with Gasteiger partial charge in [0.25, 0.3) is 11.5 Å². The van der Waals surface area contributed by atoms with Crippen molar-refractivity contribution in [3.63, 3.8) is 0 Å². The molecule has 0 bridgehead atoms. The van der Waals surface area contributed by atoms with Crippen LogP contribution in [0.1, 0.15) is 5.82 Å². The Morgan fingerprint density at radius 2 is 2.05 bits per heavy atom. The molecular weight excluding hydrogens is 270 g/mol. The number of rotatable bonds is 3. The first kappa shape index (κ1) is 13.2. The molecular formula is C11H12N3O4S+. The van der Waals surface area contributed by atoms with Gasteiger partial charge in [0.2, 0.25) is 0 Å². The Morgan fingerprint density at radius 3 is 2.58 bits per heavy atom. The van der Waals surface area contributed by atoms with Gasteiger partial charge >= 0.3 is 10.0 Å². The van der Waals surface area contributed by atoms with Crippen LogP contribution in [0.15, 0.2) is 41.6 Å². The molecule has 19 heavy (non-hydrogen) atoms. The third-order valence-electron chi connectivity index (χ3n) is 2.84. The molecule has 0 aliphatic heterocycles. The molecule has 0 saturated carbocycles. The molecule has 0 N–H and O–H groups in total. The fourth-order valence-electron chi connectivity index (χ4n) is 1.66. The van der Waals surface area contributed by atoms with Crippen LogP contribution in [-0.2, 0) is 17.1 Å². The Kier molecular flexibility index (Phi) is 3.11. The van der Waals surface area contributed by atoms with Gasteiger partial charge in [-0.15, -0.1) is 3.97 Å². The molecule has 0 aliphatic rings. The van der Waals surface area contributed by atoms with Crippen molar-refractivity contribution >= 4 is 15.7 Å². The number of nitrogens with zero attached hydrogens (tertiary/aromatic N) is 3. The van der Waals surface area contributed by atoms with Gasteiger partial charge in [-0.05, 0) is 6.07 Å². The summed E-state index contributed by atoms with van der Waals surface area (Å²) in [5.74, 6) is 0.506. The van der Waals surface area contributed by atoms with Gasteiger partial charge in [0.05, 0.1) is 12.0 Å².